The summed E-state index contributed by atoms with van der Waals surface area (Å²) in [5, 5.41) is 3.19. The zero-order valence-corrected chi connectivity index (χ0v) is 16.0. The van der Waals surface area contributed by atoms with Gasteiger partial charge in [0.2, 0.25) is 0 Å². The van der Waals surface area contributed by atoms with E-state index in [-0.39, 0.29) is 18.1 Å². The van der Waals surface area contributed by atoms with E-state index in [0.29, 0.717) is 12.5 Å². The molecule has 0 fully saturated rings. The van der Waals surface area contributed by atoms with Crippen molar-refractivity contribution in [3.05, 3.63) is 22.4 Å². The van der Waals surface area contributed by atoms with Gasteiger partial charge in [-0.1, -0.05) is 6.92 Å². The average Bonchev–Trinajstić information content (AvgIpc) is 2.75. The van der Waals surface area contributed by atoms with Crippen LogP contribution < -0.4 is 5.32 Å². The molecule has 1 rings (SSSR count). The van der Waals surface area contributed by atoms with Crippen LogP contribution in [0.2, 0.25) is 0 Å². The van der Waals surface area contributed by atoms with Crippen molar-refractivity contribution in [3.8, 4) is 0 Å². The van der Waals surface area contributed by atoms with Crippen LogP contribution in [0, 0.1) is 0 Å². The minimum absolute atomic E-state index is 0.0853. The van der Waals surface area contributed by atoms with Gasteiger partial charge in [-0.05, 0) is 28.9 Å². The molecule has 1 aromatic rings. The SMILES string of the molecule is CCNC(=NCCS(=O)(=O)CC)N(C)Cc1cc(Br)cn1C. The van der Waals surface area contributed by atoms with Gasteiger partial charge in [0.15, 0.2) is 15.8 Å². The van der Waals surface area contributed by atoms with Gasteiger partial charge in [-0.25, -0.2) is 8.42 Å². The summed E-state index contributed by atoms with van der Waals surface area (Å²) >= 11 is 3.46. The summed E-state index contributed by atoms with van der Waals surface area (Å²) in [4.78, 5) is 6.40. The molecule has 0 spiro atoms. The zero-order chi connectivity index (χ0) is 16.8. The molecule has 0 amide bonds. The van der Waals surface area contributed by atoms with Crippen molar-refractivity contribution in [2.45, 2.75) is 20.4 Å². The second kappa shape index (κ2) is 8.57. The number of guanidine groups is 1. The molecule has 1 aromatic heterocycles. The van der Waals surface area contributed by atoms with Gasteiger partial charge in [-0.15, -0.1) is 0 Å². The third kappa shape index (κ3) is 6.00. The van der Waals surface area contributed by atoms with Crippen molar-refractivity contribution in [1.29, 1.82) is 0 Å². The summed E-state index contributed by atoms with van der Waals surface area (Å²) < 4.78 is 26.2. The number of rotatable bonds is 7. The van der Waals surface area contributed by atoms with E-state index in [4.69, 9.17) is 0 Å². The molecule has 0 aliphatic rings. The number of aromatic nitrogens is 1. The predicted molar refractivity (Wildman–Crippen MR) is 94.9 cm³/mol. The molecule has 1 heterocycles. The Morgan fingerprint density at radius 1 is 1.45 bits per heavy atom. The van der Waals surface area contributed by atoms with Crippen molar-refractivity contribution in [2.75, 3.05) is 31.6 Å². The van der Waals surface area contributed by atoms with Crippen molar-refractivity contribution < 1.29 is 8.42 Å². The molecule has 1 N–H and O–H groups in total. The van der Waals surface area contributed by atoms with E-state index in [1.807, 2.05) is 36.7 Å². The lowest BCUT2D eigenvalue weighted by atomic mass is 10.4. The lowest BCUT2D eigenvalue weighted by Gasteiger charge is -2.22. The molecule has 0 atom stereocenters. The lowest BCUT2D eigenvalue weighted by molar-refractivity contribution is 0.462. The summed E-state index contributed by atoms with van der Waals surface area (Å²) in [7, 11) is 0.951. The number of sulfone groups is 1. The van der Waals surface area contributed by atoms with Crippen LogP contribution in [0.5, 0.6) is 0 Å². The molecule has 0 aromatic carbocycles. The van der Waals surface area contributed by atoms with Crippen molar-refractivity contribution in [3.63, 3.8) is 0 Å². The molecule has 0 bridgehead atoms. The normalized spacial score (nSPS) is 12.5. The van der Waals surface area contributed by atoms with E-state index in [1.54, 1.807) is 6.92 Å². The fraction of sp³-hybridized carbons (Fsp3) is 0.643. The van der Waals surface area contributed by atoms with Gasteiger partial charge in [0.25, 0.3) is 0 Å². The Kier molecular flexibility index (Phi) is 7.41. The van der Waals surface area contributed by atoms with Crippen LogP contribution in [-0.2, 0) is 23.4 Å². The summed E-state index contributed by atoms with van der Waals surface area (Å²) in [5.74, 6) is 0.958. The largest absolute Gasteiger partial charge is 0.357 e. The lowest BCUT2D eigenvalue weighted by Crippen LogP contribution is -2.39. The number of hydrogen-bond acceptors (Lipinski definition) is 3. The Morgan fingerprint density at radius 2 is 2.14 bits per heavy atom. The third-order valence-electron chi connectivity index (χ3n) is 3.27. The first-order valence-electron chi connectivity index (χ1n) is 7.29. The summed E-state index contributed by atoms with van der Waals surface area (Å²) in [6, 6.07) is 2.06. The first-order chi connectivity index (χ1) is 10.3. The molecule has 6 nitrogen and oxygen atoms in total. The number of aliphatic imine (C=N–C) groups is 1. The van der Waals surface area contributed by atoms with Gasteiger partial charge in [-0.3, -0.25) is 4.99 Å². The highest BCUT2D eigenvalue weighted by atomic mass is 79.9. The van der Waals surface area contributed by atoms with Crippen LogP contribution in [0.25, 0.3) is 0 Å². The predicted octanol–water partition coefficient (Wildman–Crippen LogP) is 1.62. The van der Waals surface area contributed by atoms with Crippen molar-refractivity contribution >= 4 is 31.7 Å². The zero-order valence-electron chi connectivity index (χ0n) is 13.6. The molecule has 8 heteroatoms. The second-order valence-corrected chi connectivity index (χ2v) is 8.48. The van der Waals surface area contributed by atoms with Gasteiger partial charge in [-0.2, -0.15) is 0 Å². The first kappa shape index (κ1) is 19.0. The maximum Gasteiger partial charge on any atom is 0.194 e. The molecule has 126 valence electrons. The Morgan fingerprint density at radius 3 is 2.64 bits per heavy atom. The first-order valence-corrected chi connectivity index (χ1v) is 9.91. The minimum atomic E-state index is -2.98. The van der Waals surface area contributed by atoms with Gasteiger partial charge in [0.05, 0.1) is 18.8 Å². The molecule has 0 aliphatic carbocycles. The van der Waals surface area contributed by atoms with E-state index in [9.17, 15) is 8.42 Å². The van der Waals surface area contributed by atoms with Crippen LogP contribution in [0.1, 0.15) is 19.5 Å². The van der Waals surface area contributed by atoms with Gasteiger partial charge >= 0.3 is 0 Å². The van der Waals surface area contributed by atoms with Crippen LogP contribution in [0.3, 0.4) is 0 Å². The highest BCUT2D eigenvalue weighted by Crippen LogP contribution is 2.14. The summed E-state index contributed by atoms with van der Waals surface area (Å²) in [5.41, 5.74) is 1.14. The van der Waals surface area contributed by atoms with E-state index in [0.717, 1.165) is 16.7 Å². The number of halogens is 1. The molecular weight excluding hydrogens is 368 g/mol. The van der Waals surface area contributed by atoms with Crippen LogP contribution in [0.4, 0.5) is 0 Å². The van der Waals surface area contributed by atoms with Gasteiger partial charge < -0.3 is 14.8 Å². The molecule has 0 saturated carbocycles. The quantitative estimate of drug-likeness (QED) is 0.565. The highest BCUT2D eigenvalue weighted by molar-refractivity contribution is 9.10. The maximum atomic E-state index is 11.5. The Balaban J connectivity index is 2.74. The molecule has 22 heavy (non-hydrogen) atoms. The molecule has 0 unspecified atom stereocenters. The van der Waals surface area contributed by atoms with Crippen molar-refractivity contribution in [2.24, 2.45) is 12.0 Å². The van der Waals surface area contributed by atoms with Crippen LogP contribution in [0.15, 0.2) is 21.7 Å². The Bertz CT molecular complexity index is 610. The maximum absolute atomic E-state index is 11.5. The molecular formula is C14H25BrN4O2S. The smallest absolute Gasteiger partial charge is 0.194 e. The number of hydrogen-bond donors (Lipinski definition) is 1. The number of nitrogens with zero attached hydrogens (tertiary/aromatic N) is 3. The highest BCUT2D eigenvalue weighted by Gasteiger charge is 2.11. The topological polar surface area (TPSA) is 66.7 Å². The molecule has 0 saturated heterocycles. The standard InChI is InChI=1S/C14H25BrN4O2S/c1-5-16-14(17-7-8-22(20,21)6-2)19(4)11-13-9-12(15)10-18(13)3/h9-10H,5-8,11H2,1-4H3,(H,16,17). The Hall–Kier alpha value is -1.02. The fourth-order valence-corrected chi connectivity index (χ4v) is 3.18. The van der Waals surface area contributed by atoms with E-state index in [2.05, 4.69) is 32.3 Å². The fourth-order valence-electron chi connectivity index (χ4n) is 1.95. The minimum Gasteiger partial charge on any atom is -0.357 e. The van der Waals surface area contributed by atoms with Crippen molar-refractivity contribution in [1.82, 2.24) is 14.8 Å². The van der Waals surface area contributed by atoms with E-state index in [1.165, 1.54) is 0 Å². The van der Waals surface area contributed by atoms with Gasteiger partial charge in [0.1, 0.15) is 0 Å². The van der Waals surface area contributed by atoms with Crippen LogP contribution >= 0.6 is 15.9 Å². The number of aryl methyl sites for hydroxylation is 1. The van der Waals surface area contributed by atoms with Crippen LogP contribution in [-0.4, -0.2) is 55.5 Å². The van der Waals surface area contributed by atoms with E-state index >= 15 is 0 Å². The molecule has 0 aliphatic heterocycles. The average molecular weight is 393 g/mol. The third-order valence-corrected chi connectivity index (χ3v) is 5.39. The monoisotopic (exact) mass is 392 g/mol. The molecule has 0 radical (unpaired) electrons. The summed E-state index contributed by atoms with van der Waals surface area (Å²) in [6.45, 7) is 5.35. The van der Waals surface area contributed by atoms with Gasteiger partial charge in [0, 0.05) is 42.8 Å². The summed E-state index contributed by atoms with van der Waals surface area (Å²) in [6.07, 6.45) is 2.00. The second-order valence-electron chi connectivity index (χ2n) is 5.09. The number of nitrogens with one attached hydrogen (secondary N) is 1. The van der Waals surface area contributed by atoms with E-state index < -0.39 is 9.84 Å². The Labute approximate surface area is 141 Å².